The molecule has 1 nitrogen and oxygen atoms in total. The molecule has 1 saturated carbocycles. The van der Waals surface area contributed by atoms with Crippen LogP contribution in [0.15, 0.2) is 42.5 Å². The minimum atomic E-state index is 0.767. The first kappa shape index (κ1) is 18.5. The van der Waals surface area contributed by atoms with E-state index in [1.807, 2.05) is 0 Å². The van der Waals surface area contributed by atoms with Crippen LogP contribution in [0.25, 0.3) is 5.57 Å². The minimum Gasteiger partial charge on any atom is -0.314 e. The van der Waals surface area contributed by atoms with Gasteiger partial charge in [-0.1, -0.05) is 48.1 Å². The van der Waals surface area contributed by atoms with Gasteiger partial charge in [0.2, 0.25) is 0 Å². The molecule has 1 N–H and O–H groups in total. The third-order valence-corrected chi connectivity index (χ3v) is 6.29. The third-order valence-electron chi connectivity index (χ3n) is 6.29. The summed E-state index contributed by atoms with van der Waals surface area (Å²) < 4.78 is 0. The molecule has 0 bridgehead atoms. The van der Waals surface area contributed by atoms with E-state index in [0.29, 0.717) is 0 Å². The van der Waals surface area contributed by atoms with Crippen molar-refractivity contribution in [2.45, 2.75) is 71.3 Å². The second-order valence-electron chi connectivity index (χ2n) is 8.05. The number of hydrogen-bond acceptors (Lipinski definition) is 1. The molecule has 0 aliphatic heterocycles. The summed E-state index contributed by atoms with van der Waals surface area (Å²) in [6, 6.07) is 9.85. The summed E-state index contributed by atoms with van der Waals surface area (Å²) in [6.07, 6.45) is 17.7. The molecule has 1 aromatic carbocycles. The lowest BCUT2D eigenvalue weighted by atomic mass is 9.72. The Hall–Kier alpha value is -1.34. The normalized spacial score (nSPS) is 27.4. The van der Waals surface area contributed by atoms with Gasteiger partial charge in [0, 0.05) is 6.04 Å². The molecule has 136 valence electrons. The van der Waals surface area contributed by atoms with Gasteiger partial charge in [-0.25, -0.2) is 0 Å². The van der Waals surface area contributed by atoms with Crippen molar-refractivity contribution in [3.05, 3.63) is 53.6 Å². The van der Waals surface area contributed by atoms with Crippen LogP contribution in [0.4, 0.5) is 0 Å². The highest BCUT2D eigenvalue weighted by atomic mass is 14.9. The molecule has 1 aromatic rings. The highest BCUT2D eigenvalue weighted by Crippen LogP contribution is 2.39. The Morgan fingerprint density at radius 1 is 1.00 bits per heavy atom. The molecule has 25 heavy (non-hydrogen) atoms. The Morgan fingerprint density at radius 2 is 1.76 bits per heavy atom. The third kappa shape index (κ3) is 5.31. The molecular weight excluding hydrogens is 302 g/mol. The van der Waals surface area contributed by atoms with Gasteiger partial charge in [-0.3, -0.25) is 0 Å². The average Bonchev–Trinajstić information content (AvgIpc) is 2.67. The van der Waals surface area contributed by atoms with E-state index in [4.69, 9.17) is 0 Å². The van der Waals surface area contributed by atoms with Gasteiger partial charge < -0.3 is 5.32 Å². The van der Waals surface area contributed by atoms with E-state index in [9.17, 15) is 0 Å². The Kier molecular flexibility index (Phi) is 6.93. The molecule has 0 aromatic heterocycles. The molecule has 0 amide bonds. The Bertz CT molecular complexity index is 573. The highest BCUT2D eigenvalue weighted by Gasteiger charge is 2.28. The second-order valence-corrected chi connectivity index (χ2v) is 8.05. The van der Waals surface area contributed by atoms with E-state index in [0.717, 1.165) is 24.4 Å². The summed E-state index contributed by atoms with van der Waals surface area (Å²) in [5.41, 5.74) is 4.38. The van der Waals surface area contributed by atoms with E-state index >= 15 is 0 Å². The van der Waals surface area contributed by atoms with Gasteiger partial charge in [0.05, 0.1) is 0 Å². The lowest BCUT2D eigenvalue weighted by Crippen LogP contribution is -2.35. The van der Waals surface area contributed by atoms with Crippen LogP contribution in [-0.2, 0) is 0 Å². The smallest absolute Gasteiger partial charge is 0.00673 e. The molecule has 1 fully saturated rings. The fourth-order valence-corrected chi connectivity index (χ4v) is 4.64. The fourth-order valence-electron chi connectivity index (χ4n) is 4.64. The maximum Gasteiger partial charge on any atom is 0.00673 e. The monoisotopic (exact) mass is 337 g/mol. The summed E-state index contributed by atoms with van der Waals surface area (Å²) in [6.45, 7) is 5.42. The van der Waals surface area contributed by atoms with Crippen LogP contribution in [0.1, 0.15) is 69.4 Å². The number of allylic oxidation sites excluding steroid dienone is 3. The SMILES string of the molecule is C/C=C/CCNC1CCC(C2CC=C(c3ccc(C)cc3)CC2)CC1. The number of benzene rings is 1. The summed E-state index contributed by atoms with van der Waals surface area (Å²) in [4.78, 5) is 0. The first-order valence-corrected chi connectivity index (χ1v) is 10.4. The fraction of sp³-hybridized carbons (Fsp3) is 0.583. The van der Waals surface area contributed by atoms with Crippen LogP contribution in [0.3, 0.4) is 0 Å². The lowest BCUT2D eigenvalue weighted by molar-refractivity contribution is 0.207. The molecule has 1 atom stereocenters. The topological polar surface area (TPSA) is 12.0 Å². The van der Waals surface area contributed by atoms with Crippen LogP contribution < -0.4 is 5.32 Å². The van der Waals surface area contributed by atoms with Crippen molar-refractivity contribution in [1.29, 1.82) is 0 Å². The standard InChI is InChI=1S/C24H35N/c1-3-4-5-18-25-24-16-14-23(15-17-24)22-12-10-21(11-13-22)20-8-6-19(2)7-9-20/h3-4,6-10,22-25H,5,11-18H2,1-2H3/b4-3+. The van der Waals surface area contributed by atoms with Crippen molar-refractivity contribution in [3.63, 3.8) is 0 Å². The molecule has 0 radical (unpaired) electrons. The van der Waals surface area contributed by atoms with Crippen LogP contribution in [-0.4, -0.2) is 12.6 Å². The van der Waals surface area contributed by atoms with Gasteiger partial charge in [0.25, 0.3) is 0 Å². The number of hydrogen-bond donors (Lipinski definition) is 1. The van der Waals surface area contributed by atoms with E-state index < -0.39 is 0 Å². The van der Waals surface area contributed by atoms with Crippen molar-refractivity contribution in [2.75, 3.05) is 6.54 Å². The Morgan fingerprint density at radius 3 is 2.40 bits per heavy atom. The molecule has 1 unspecified atom stereocenters. The average molecular weight is 338 g/mol. The van der Waals surface area contributed by atoms with Crippen molar-refractivity contribution in [2.24, 2.45) is 11.8 Å². The lowest BCUT2D eigenvalue weighted by Gasteiger charge is -2.36. The maximum atomic E-state index is 3.75. The van der Waals surface area contributed by atoms with Gasteiger partial charge in [-0.05, 0) is 94.7 Å². The van der Waals surface area contributed by atoms with Gasteiger partial charge in [-0.2, -0.15) is 0 Å². The molecule has 0 spiro atoms. The molecule has 1 heteroatoms. The predicted octanol–water partition coefficient (Wildman–Crippen LogP) is 6.29. The number of rotatable bonds is 6. The summed E-state index contributed by atoms with van der Waals surface area (Å²) in [7, 11) is 0. The quantitative estimate of drug-likeness (QED) is 0.475. The predicted molar refractivity (Wildman–Crippen MR) is 110 cm³/mol. The molecule has 0 heterocycles. The molecule has 3 rings (SSSR count). The zero-order chi connectivity index (χ0) is 17.5. The van der Waals surface area contributed by atoms with Gasteiger partial charge in [-0.15, -0.1) is 0 Å². The second kappa shape index (κ2) is 9.38. The summed E-state index contributed by atoms with van der Waals surface area (Å²) in [5, 5.41) is 3.75. The van der Waals surface area contributed by atoms with E-state index in [-0.39, 0.29) is 0 Å². The zero-order valence-electron chi connectivity index (χ0n) is 16.1. The van der Waals surface area contributed by atoms with Gasteiger partial charge in [0.1, 0.15) is 0 Å². The summed E-state index contributed by atoms with van der Waals surface area (Å²) >= 11 is 0. The first-order chi connectivity index (χ1) is 12.3. The Labute approximate surface area is 154 Å². The zero-order valence-corrected chi connectivity index (χ0v) is 16.1. The van der Waals surface area contributed by atoms with Crippen LogP contribution in [0.2, 0.25) is 0 Å². The van der Waals surface area contributed by atoms with Crippen LogP contribution in [0, 0.1) is 18.8 Å². The Balaban J connectivity index is 1.43. The van der Waals surface area contributed by atoms with E-state index in [1.54, 1.807) is 5.57 Å². The van der Waals surface area contributed by atoms with E-state index in [2.05, 4.69) is 61.7 Å². The highest BCUT2D eigenvalue weighted by molar-refractivity contribution is 5.66. The first-order valence-electron chi connectivity index (χ1n) is 10.4. The van der Waals surface area contributed by atoms with Crippen molar-refractivity contribution >= 4 is 5.57 Å². The van der Waals surface area contributed by atoms with Gasteiger partial charge in [0.15, 0.2) is 0 Å². The largest absolute Gasteiger partial charge is 0.314 e. The summed E-state index contributed by atoms with van der Waals surface area (Å²) in [5.74, 6) is 1.89. The van der Waals surface area contributed by atoms with Crippen LogP contribution in [0.5, 0.6) is 0 Å². The van der Waals surface area contributed by atoms with Crippen molar-refractivity contribution < 1.29 is 0 Å². The molecule has 2 aliphatic carbocycles. The maximum absolute atomic E-state index is 3.75. The number of aryl methyl sites for hydroxylation is 1. The molecule has 0 saturated heterocycles. The van der Waals surface area contributed by atoms with Gasteiger partial charge >= 0.3 is 0 Å². The number of nitrogens with one attached hydrogen (secondary N) is 1. The van der Waals surface area contributed by atoms with E-state index in [1.165, 1.54) is 62.5 Å². The molecule has 2 aliphatic rings. The van der Waals surface area contributed by atoms with Crippen molar-refractivity contribution in [1.82, 2.24) is 5.32 Å². The minimum absolute atomic E-state index is 0.767. The molecular formula is C24H35N. The van der Waals surface area contributed by atoms with Crippen molar-refractivity contribution in [3.8, 4) is 0 Å². The van der Waals surface area contributed by atoms with Crippen LogP contribution >= 0.6 is 0 Å².